The van der Waals surface area contributed by atoms with Crippen molar-refractivity contribution >= 4 is 47.0 Å². The summed E-state index contributed by atoms with van der Waals surface area (Å²) in [6.45, 7) is 11.5. The third-order valence-corrected chi connectivity index (χ3v) is 13.1. The highest BCUT2D eigenvalue weighted by atomic mass is 35.5. The number of halogens is 1. The van der Waals surface area contributed by atoms with Crippen LogP contribution in [0.1, 0.15) is 112 Å². The standard InChI is InChI=1S/C44H45ClN6O7/c1-43(2)41(44(3,4)42(43)58-30-10-9-27(20-46)33(45)19-30)48-36(53)25-5-7-26(8-6-25)38(55)50-15-13-24(14-16-50)21-49-22-28-17-31-32(18-29(28)23-49)40(57)51(39(31)56)34-11-12-35(52)47-37(34)54/h5-10,17-19,24,34,41-42H,11-16,21-23H2,1-4H3,(H,48,53)(H,47,52,54). The van der Waals surface area contributed by atoms with Gasteiger partial charge in [0.25, 0.3) is 23.6 Å². The number of piperidine rings is 2. The zero-order valence-electron chi connectivity index (χ0n) is 32.9. The number of hydrogen-bond donors (Lipinski definition) is 2. The van der Waals surface area contributed by atoms with Gasteiger partial charge in [0, 0.05) is 73.2 Å². The van der Waals surface area contributed by atoms with Crippen LogP contribution in [0, 0.1) is 28.1 Å². The van der Waals surface area contributed by atoms with Crippen LogP contribution in [0.4, 0.5) is 0 Å². The molecule has 300 valence electrons. The number of carbonyl (C=O) groups excluding carboxylic acids is 6. The fourth-order valence-electron chi connectivity index (χ4n) is 10.0. The van der Waals surface area contributed by atoms with Crippen molar-refractivity contribution in [3.8, 4) is 11.8 Å². The Morgan fingerprint density at radius 2 is 1.48 bits per heavy atom. The minimum atomic E-state index is -0.988. The Balaban J connectivity index is 0.816. The highest BCUT2D eigenvalue weighted by molar-refractivity contribution is 6.31. The second-order valence-electron chi connectivity index (χ2n) is 17.4. The number of ether oxygens (including phenoxy) is 1. The maximum atomic E-state index is 13.5. The molecule has 1 unspecified atom stereocenters. The minimum absolute atomic E-state index is 0.0710. The van der Waals surface area contributed by atoms with Crippen LogP contribution in [0.15, 0.2) is 54.6 Å². The van der Waals surface area contributed by atoms with Crippen molar-refractivity contribution in [2.24, 2.45) is 16.7 Å². The van der Waals surface area contributed by atoms with Gasteiger partial charge in [-0.2, -0.15) is 5.26 Å². The molecule has 4 aliphatic heterocycles. The van der Waals surface area contributed by atoms with Crippen LogP contribution in [-0.4, -0.2) is 88.0 Å². The summed E-state index contributed by atoms with van der Waals surface area (Å²) in [4.78, 5) is 82.8. The Hall–Kier alpha value is -5.58. The Morgan fingerprint density at radius 1 is 0.879 bits per heavy atom. The number of imide groups is 2. The summed E-state index contributed by atoms with van der Waals surface area (Å²) >= 11 is 6.23. The van der Waals surface area contributed by atoms with E-state index >= 15 is 0 Å². The van der Waals surface area contributed by atoms with Gasteiger partial charge in [0.2, 0.25) is 11.8 Å². The van der Waals surface area contributed by atoms with Crippen molar-refractivity contribution in [2.75, 3.05) is 19.6 Å². The third-order valence-electron chi connectivity index (χ3n) is 12.8. The van der Waals surface area contributed by atoms with Crippen LogP contribution in [0.3, 0.4) is 0 Å². The number of nitrogens with one attached hydrogen (secondary N) is 2. The molecule has 13 nitrogen and oxygen atoms in total. The van der Waals surface area contributed by atoms with Crippen LogP contribution in [-0.2, 0) is 22.7 Å². The molecule has 0 aromatic heterocycles. The van der Waals surface area contributed by atoms with E-state index in [1.54, 1.807) is 54.6 Å². The van der Waals surface area contributed by atoms with Gasteiger partial charge in [0.05, 0.1) is 21.7 Å². The second kappa shape index (κ2) is 14.7. The lowest BCUT2D eigenvalue weighted by Gasteiger charge is -2.63. The first-order chi connectivity index (χ1) is 27.6. The zero-order valence-corrected chi connectivity index (χ0v) is 33.7. The Kier molecular flexibility index (Phi) is 9.92. The topological polar surface area (TPSA) is 169 Å². The van der Waals surface area contributed by atoms with E-state index in [1.165, 1.54) is 0 Å². The lowest BCUT2D eigenvalue weighted by atomic mass is 9.49. The molecule has 3 fully saturated rings. The molecular weight excluding hydrogens is 760 g/mol. The lowest BCUT2D eigenvalue weighted by Crippen LogP contribution is -2.74. The van der Waals surface area contributed by atoms with Gasteiger partial charge in [0.1, 0.15) is 24.0 Å². The molecule has 0 bridgehead atoms. The molecule has 1 atom stereocenters. The molecule has 58 heavy (non-hydrogen) atoms. The number of carbonyl (C=O) groups is 6. The molecule has 3 aromatic rings. The van der Waals surface area contributed by atoms with E-state index in [0.29, 0.717) is 70.7 Å². The number of fused-ring (bicyclic) bond motifs is 2. The highest BCUT2D eigenvalue weighted by Crippen LogP contribution is 2.55. The van der Waals surface area contributed by atoms with Crippen molar-refractivity contribution in [1.29, 1.82) is 5.26 Å². The molecule has 1 aliphatic carbocycles. The number of benzene rings is 3. The number of amides is 6. The normalized spacial score (nSPS) is 23.8. The SMILES string of the molecule is CC1(C)C(NC(=O)c2ccc(C(=O)N3CCC(CN4Cc5cc6c(cc5C4)C(=O)N(C4CCC(=O)NC4=O)C6=O)CC3)cc2)C(C)(C)C1Oc1ccc(C#N)c(Cl)c1. The van der Waals surface area contributed by atoms with Crippen molar-refractivity contribution in [1.82, 2.24) is 25.3 Å². The molecule has 3 aromatic carbocycles. The molecule has 14 heteroatoms. The number of nitrogens with zero attached hydrogens (tertiary/aromatic N) is 4. The van der Waals surface area contributed by atoms with Crippen LogP contribution in [0.2, 0.25) is 5.02 Å². The Morgan fingerprint density at radius 3 is 2.05 bits per heavy atom. The molecule has 8 rings (SSSR count). The summed E-state index contributed by atoms with van der Waals surface area (Å²) in [6.07, 6.45) is 1.64. The molecule has 5 aliphatic rings. The fraction of sp³-hybridized carbons (Fsp3) is 0.432. The average molecular weight is 805 g/mol. The zero-order chi connectivity index (χ0) is 41.3. The first kappa shape index (κ1) is 39.3. The maximum absolute atomic E-state index is 13.5. The summed E-state index contributed by atoms with van der Waals surface area (Å²) in [6, 6.07) is 16.2. The quantitative estimate of drug-likeness (QED) is 0.295. The van der Waals surface area contributed by atoms with Crippen LogP contribution in [0.25, 0.3) is 0 Å². The van der Waals surface area contributed by atoms with E-state index in [2.05, 4.69) is 21.6 Å². The minimum Gasteiger partial charge on any atom is -0.489 e. The van der Waals surface area contributed by atoms with E-state index < -0.39 is 40.5 Å². The van der Waals surface area contributed by atoms with E-state index in [9.17, 15) is 34.0 Å². The fourth-order valence-corrected chi connectivity index (χ4v) is 10.2. The predicted octanol–water partition coefficient (Wildman–Crippen LogP) is 5.09. The number of rotatable bonds is 8. The van der Waals surface area contributed by atoms with Gasteiger partial charge in [-0.3, -0.25) is 43.9 Å². The van der Waals surface area contributed by atoms with Gasteiger partial charge in [-0.25, -0.2) is 0 Å². The van der Waals surface area contributed by atoms with E-state index in [-0.39, 0.29) is 36.8 Å². The largest absolute Gasteiger partial charge is 0.489 e. The number of hydrogen-bond acceptors (Lipinski definition) is 9. The van der Waals surface area contributed by atoms with Gasteiger partial charge in [-0.05, 0) is 84.8 Å². The van der Waals surface area contributed by atoms with Crippen molar-refractivity contribution in [3.63, 3.8) is 0 Å². The maximum Gasteiger partial charge on any atom is 0.262 e. The van der Waals surface area contributed by atoms with Gasteiger partial charge in [0.15, 0.2) is 0 Å². The Bertz CT molecular complexity index is 2250. The molecule has 2 saturated heterocycles. The molecular formula is C44H45ClN6O7. The molecule has 1 saturated carbocycles. The number of nitriles is 1. The second-order valence-corrected chi connectivity index (χ2v) is 17.8. The monoisotopic (exact) mass is 804 g/mol. The van der Waals surface area contributed by atoms with Crippen molar-refractivity contribution in [3.05, 3.63) is 98.6 Å². The number of likely N-dealkylation sites (tertiary alicyclic amines) is 1. The van der Waals surface area contributed by atoms with Gasteiger partial charge >= 0.3 is 0 Å². The van der Waals surface area contributed by atoms with Gasteiger partial charge < -0.3 is 15.0 Å². The molecule has 4 heterocycles. The summed E-state index contributed by atoms with van der Waals surface area (Å²) in [5.41, 5.74) is 3.11. The summed E-state index contributed by atoms with van der Waals surface area (Å²) in [7, 11) is 0. The van der Waals surface area contributed by atoms with Crippen molar-refractivity contribution < 1.29 is 33.5 Å². The molecule has 0 radical (unpaired) electrons. The van der Waals surface area contributed by atoms with E-state index in [1.807, 2.05) is 32.6 Å². The van der Waals surface area contributed by atoms with E-state index in [0.717, 1.165) is 35.4 Å². The average Bonchev–Trinajstić information content (AvgIpc) is 3.70. The van der Waals surface area contributed by atoms with Crippen molar-refractivity contribution in [2.45, 2.75) is 84.7 Å². The van der Waals surface area contributed by atoms with Crippen LogP contribution >= 0.6 is 11.6 Å². The Labute approximate surface area is 341 Å². The van der Waals surface area contributed by atoms with Gasteiger partial charge in [-0.1, -0.05) is 39.3 Å². The summed E-state index contributed by atoms with van der Waals surface area (Å²) in [5, 5.41) is 15.0. The predicted molar refractivity (Wildman–Crippen MR) is 212 cm³/mol. The highest BCUT2D eigenvalue weighted by Gasteiger charge is 2.64. The van der Waals surface area contributed by atoms with Crippen LogP contribution < -0.4 is 15.4 Å². The van der Waals surface area contributed by atoms with E-state index in [4.69, 9.17) is 16.3 Å². The summed E-state index contributed by atoms with van der Waals surface area (Å²) in [5.74, 6) is -1.39. The molecule has 6 amide bonds. The first-order valence-electron chi connectivity index (χ1n) is 19.7. The van der Waals surface area contributed by atoms with Crippen LogP contribution in [0.5, 0.6) is 5.75 Å². The first-order valence-corrected chi connectivity index (χ1v) is 20.1. The summed E-state index contributed by atoms with van der Waals surface area (Å²) < 4.78 is 6.35. The smallest absolute Gasteiger partial charge is 0.262 e. The van der Waals surface area contributed by atoms with Gasteiger partial charge in [-0.15, -0.1) is 0 Å². The molecule has 0 spiro atoms. The third kappa shape index (κ3) is 6.82. The lowest BCUT2D eigenvalue weighted by molar-refractivity contribution is -0.164. The molecule has 2 N–H and O–H groups in total.